The van der Waals surface area contributed by atoms with Crippen molar-refractivity contribution >= 4 is 39.8 Å². The van der Waals surface area contributed by atoms with Gasteiger partial charge in [-0.25, -0.2) is 0 Å². The van der Waals surface area contributed by atoms with Crippen molar-refractivity contribution < 1.29 is 14.7 Å². The van der Waals surface area contributed by atoms with Crippen LogP contribution in [0.2, 0.25) is 5.02 Å². The molecule has 7 heteroatoms. The number of anilines is 1. The third-order valence-electron chi connectivity index (χ3n) is 4.97. The lowest BCUT2D eigenvalue weighted by Crippen LogP contribution is -2.43. The lowest BCUT2D eigenvalue weighted by atomic mass is 9.91. The number of hydrogen-bond donors (Lipinski definition) is 3. The average molecular weight is 439 g/mol. The maximum absolute atomic E-state index is 12.8. The molecule has 0 spiro atoms. The lowest BCUT2D eigenvalue weighted by molar-refractivity contribution is -0.121. The zero-order valence-electron chi connectivity index (χ0n) is 16.1. The summed E-state index contributed by atoms with van der Waals surface area (Å²) in [7, 11) is 0. The molecule has 1 atom stereocenters. The summed E-state index contributed by atoms with van der Waals surface area (Å²) in [4.78, 5) is 26.2. The topological polar surface area (TPSA) is 78.4 Å². The molecule has 3 N–H and O–H groups in total. The number of halogens is 1. The summed E-state index contributed by atoms with van der Waals surface area (Å²) in [6.07, 6.45) is 0.377. The number of nitrogens with one attached hydrogen (secondary N) is 2. The standard InChI is InChI=1S/C23H19ClN2O3S/c1-23(13-14-5-3-2-4-6-14)20(27)19(22(29)26-23)21(28)25-18-12-11-17(30-18)15-7-9-16(24)10-8-15/h2-12,27H,13H2,1H3,(H,25,28)(H,26,29). The van der Waals surface area contributed by atoms with Crippen molar-refractivity contribution in [3.05, 3.63) is 88.6 Å². The van der Waals surface area contributed by atoms with Crippen LogP contribution in [0.4, 0.5) is 5.00 Å². The van der Waals surface area contributed by atoms with E-state index in [2.05, 4.69) is 10.6 Å². The Balaban J connectivity index is 1.53. The summed E-state index contributed by atoms with van der Waals surface area (Å²) >= 11 is 7.30. The lowest BCUT2D eigenvalue weighted by Gasteiger charge is -2.24. The summed E-state index contributed by atoms with van der Waals surface area (Å²) in [5, 5.41) is 17.4. The normalized spacial score (nSPS) is 18.4. The third kappa shape index (κ3) is 3.97. The van der Waals surface area contributed by atoms with Gasteiger partial charge in [-0.1, -0.05) is 54.1 Å². The van der Waals surface area contributed by atoms with Crippen molar-refractivity contribution in [1.29, 1.82) is 0 Å². The first kappa shape index (κ1) is 20.2. The maximum Gasteiger partial charge on any atom is 0.265 e. The van der Waals surface area contributed by atoms with Crippen LogP contribution in [0.25, 0.3) is 10.4 Å². The first-order valence-corrected chi connectivity index (χ1v) is 10.5. The smallest absolute Gasteiger partial charge is 0.265 e. The van der Waals surface area contributed by atoms with Crippen molar-refractivity contribution in [2.75, 3.05) is 5.32 Å². The van der Waals surface area contributed by atoms with Gasteiger partial charge in [-0.3, -0.25) is 9.59 Å². The van der Waals surface area contributed by atoms with Gasteiger partial charge in [0.15, 0.2) is 0 Å². The predicted octanol–water partition coefficient (Wildman–Crippen LogP) is 4.95. The summed E-state index contributed by atoms with van der Waals surface area (Å²) < 4.78 is 0. The number of hydrogen-bond acceptors (Lipinski definition) is 4. The molecule has 4 rings (SSSR count). The van der Waals surface area contributed by atoms with Gasteiger partial charge in [0, 0.05) is 16.3 Å². The molecule has 0 radical (unpaired) electrons. The second-order valence-corrected chi connectivity index (χ2v) is 8.82. The summed E-state index contributed by atoms with van der Waals surface area (Å²) in [5.74, 6) is -1.47. The van der Waals surface area contributed by atoms with E-state index in [1.807, 2.05) is 48.5 Å². The summed E-state index contributed by atoms with van der Waals surface area (Å²) in [6, 6.07) is 20.5. The van der Waals surface area contributed by atoms with E-state index in [1.165, 1.54) is 11.3 Å². The molecule has 2 aromatic carbocycles. The van der Waals surface area contributed by atoms with Gasteiger partial charge in [0.25, 0.3) is 11.8 Å². The second-order valence-electron chi connectivity index (χ2n) is 7.30. The first-order chi connectivity index (χ1) is 14.4. The van der Waals surface area contributed by atoms with Crippen LogP contribution in [0.5, 0.6) is 0 Å². The van der Waals surface area contributed by atoms with Crippen molar-refractivity contribution in [2.45, 2.75) is 18.9 Å². The fourth-order valence-corrected chi connectivity index (χ4v) is 4.48. The van der Waals surface area contributed by atoms with Gasteiger partial charge >= 0.3 is 0 Å². The van der Waals surface area contributed by atoms with Gasteiger partial charge in [0.05, 0.1) is 10.5 Å². The number of thiophene rings is 1. The molecule has 30 heavy (non-hydrogen) atoms. The predicted molar refractivity (Wildman–Crippen MR) is 120 cm³/mol. The molecular weight excluding hydrogens is 420 g/mol. The number of amides is 2. The minimum atomic E-state index is -1.03. The molecule has 0 saturated carbocycles. The zero-order valence-corrected chi connectivity index (χ0v) is 17.7. The van der Waals surface area contributed by atoms with Gasteiger partial charge < -0.3 is 15.7 Å². The van der Waals surface area contributed by atoms with Crippen LogP contribution in [0.3, 0.4) is 0 Å². The maximum atomic E-state index is 12.8. The minimum absolute atomic E-state index is 0.247. The molecule has 152 valence electrons. The molecule has 2 heterocycles. The Bertz CT molecular complexity index is 1140. The molecule has 1 aliphatic heterocycles. The molecule has 3 aromatic rings. The molecule has 0 bridgehead atoms. The summed E-state index contributed by atoms with van der Waals surface area (Å²) in [5.41, 5.74) is 0.630. The number of aliphatic hydroxyl groups excluding tert-OH is 1. The van der Waals surface area contributed by atoms with Crippen LogP contribution in [-0.2, 0) is 16.0 Å². The van der Waals surface area contributed by atoms with Gasteiger partial charge in [-0.05, 0) is 42.3 Å². The number of carbonyl (C=O) groups excluding carboxylic acids is 2. The number of aliphatic hydroxyl groups is 1. The zero-order chi connectivity index (χ0) is 21.3. The molecule has 1 unspecified atom stereocenters. The molecule has 5 nitrogen and oxygen atoms in total. The van der Waals surface area contributed by atoms with Gasteiger partial charge in [0.2, 0.25) is 0 Å². The Kier molecular flexibility index (Phi) is 5.37. The van der Waals surface area contributed by atoms with Crippen molar-refractivity contribution in [3.63, 3.8) is 0 Å². The van der Waals surface area contributed by atoms with Crippen LogP contribution in [-0.4, -0.2) is 22.5 Å². The van der Waals surface area contributed by atoms with E-state index >= 15 is 0 Å². The van der Waals surface area contributed by atoms with E-state index in [1.54, 1.807) is 25.1 Å². The molecule has 0 saturated heterocycles. The highest BCUT2D eigenvalue weighted by Gasteiger charge is 2.44. The van der Waals surface area contributed by atoms with E-state index in [4.69, 9.17) is 11.6 Å². The quantitative estimate of drug-likeness (QED) is 0.493. The minimum Gasteiger partial charge on any atom is -0.509 e. The van der Waals surface area contributed by atoms with Gasteiger partial charge in [-0.15, -0.1) is 11.3 Å². The molecular formula is C23H19ClN2O3S. The highest BCUT2D eigenvalue weighted by atomic mass is 35.5. The van der Waals surface area contributed by atoms with E-state index in [0.29, 0.717) is 16.4 Å². The van der Waals surface area contributed by atoms with E-state index < -0.39 is 17.4 Å². The highest BCUT2D eigenvalue weighted by molar-refractivity contribution is 7.19. The second kappa shape index (κ2) is 7.97. The number of carbonyl (C=O) groups is 2. The van der Waals surface area contributed by atoms with Crippen molar-refractivity contribution in [1.82, 2.24) is 5.32 Å². The van der Waals surface area contributed by atoms with Crippen LogP contribution in [0.15, 0.2) is 78.1 Å². The first-order valence-electron chi connectivity index (χ1n) is 9.33. The Morgan fingerprint density at radius 1 is 1.10 bits per heavy atom. The average Bonchev–Trinajstić information content (AvgIpc) is 3.25. The van der Waals surface area contributed by atoms with Gasteiger partial charge in [0.1, 0.15) is 11.3 Å². The number of benzene rings is 2. The van der Waals surface area contributed by atoms with Crippen LogP contribution in [0, 0.1) is 0 Å². The van der Waals surface area contributed by atoms with Crippen molar-refractivity contribution in [2.24, 2.45) is 0 Å². The highest BCUT2D eigenvalue weighted by Crippen LogP contribution is 2.34. The van der Waals surface area contributed by atoms with E-state index in [-0.39, 0.29) is 11.3 Å². The largest absolute Gasteiger partial charge is 0.509 e. The van der Waals surface area contributed by atoms with E-state index in [0.717, 1.165) is 16.0 Å². The molecule has 1 aromatic heterocycles. The van der Waals surface area contributed by atoms with Crippen LogP contribution in [0.1, 0.15) is 12.5 Å². The fourth-order valence-electron chi connectivity index (χ4n) is 3.45. The summed E-state index contributed by atoms with van der Waals surface area (Å²) in [6.45, 7) is 1.71. The molecule has 2 amide bonds. The van der Waals surface area contributed by atoms with Crippen molar-refractivity contribution in [3.8, 4) is 10.4 Å². The third-order valence-corrected chi connectivity index (χ3v) is 6.28. The van der Waals surface area contributed by atoms with Crippen LogP contribution >= 0.6 is 22.9 Å². The molecule has 0 fully saturated rings. The number of rotatable bonds is 5. The van der Waals surface area contributed by atoms with Gasteiger partial charge in [-0.2, -0.15) is 0 Å². The molecule has 1 aliphatic rings. The molecule has 0 aliphatic carbocycles. The Morgan fingerprint density at radius 3 is 2.50 bits per heavy atom. The SMILES string of the molecule is CC1(Cc2ccccc2)NC(=O)C(C(=O)Nc2ccc(-c3ccc(Cl)cc3)s2)=C1O. The Labute approximate surface area is 183 Å². The monoisotopic (exact) mass is 438 g/mol. The van der Waals surface area contributed by atoms with Crippen LogP contribution < -0.4 is 10.6 Å². The van der Waals surface area contributed by atoms with E-state index in [9.17, 15) is 14.7 Å². The fraction of sp³-hybridized carbons (Fsp3) is 0.130. The Hall–Kier alpha value is -3.09. The Morgan fingerprint density at radius 2 is 1.80 bits per heavy atom.